The highest BCUT2D eigenvalue weighted by atomic mass is 32.1. The summed E-state index contributed by atoms with van der Waals surface area (Å²) in [5.41, 5.74) is 3.36. The topological polar surface area (TPSA) is 311 Å². The number of hydrogen-bond donors (Lipinski definition) is 5. The first-order chi connectivity index (χ1) is 40.5. The Kier molecular flexibility index (Phi) is 406. The van der Waals surface area contributed by atoms with Crippen molar-refractivity contribution in [3.8, 4) is 0 Å². The predicted octanol–water partition coefficient (Wildman–Crippen LogP) is 19.9. The molecule has 9 rings (SSSR count). The minimum atomic E-state index is 1.26. The average molecular weight is 1200 g/mol. The first-order valence-electron chi connectivity index (χ1n) is 29.5. The summed E-state index contributed by atoms with van der Waals surface area (Å²) in [7, 11) is 0. The lowest BCUT2D eigenvalue weighted by molar-refractivity contribution is 0.420. The zero-order valence-electron chi connectivity index (χ0n) is 58.8. The molecule has 5 N–H and O–H groups in total. The minimum Gasteiger partial charge on any atom is -0.431 e. The molecule has 0 saturated heterocycles. The van der Waals surface area contributed by atoms with E-state index in [1.165, 1.54) is 60.9 Å². The Balaban J connectivity index is -0.0000000323. The van der Waals surface area contributed by atoms with Crippen molar-refractivity contribution in [1.82, 2.24) is 107 Å². The van der Waals surface area contributed by atoms with Gasteiger partial charge in [-0.25, -0.2) is 9.36 Å². The molecule has 25 heteroatoms. The Morgan fingerprint density at radius 1 is 0.346 bits per heavy atom. The van der Waals surface area contributed by atoms with Gasteiger partial charge in [0.25, 0.3) is 0 Å². The minimum absolute atomic E-state index is 1.26. The van der Waals surface area contributed by atoms with Gasteiger partial charge in [0.2, 0.25) is 12.8 Å². The molecular formula is C56H133N21O2S2. The van der Waals surface area contributed by atoms with Crippen molar-refractivity contribution >= 4 is 22.9 Å². The van der Waals surface area contributed by atoms with Gasteiger partial charge in [-0.05, 0) is 29.7 Å². The molecule has 0 radical (unpaired) electrons. The van der Waals surface area contributed by atoms with Gasteiger partial charge in [0.1, 0.15) is 29.9 Å². The monoisotopic (exact) mass is 1200 g/mol. The van der Waals surface area contributed by atoms with E-state index in [4.69, 9.17) is 0 Å². The number of tetrazole rings is 1. The second-order valence-corrected chi connectivity index (χ2v) is 7.21. The number of nitrogens with one attached hydrogen (secondary N) is 5. The predicted molar refractivity (Wildman–Crippen MR) is 359 cm³/mol. The molecule has 0 amide bonds. The smallest absolute Gasteiger partial charge is 0.203 e. The van der Waals surface area contributed by atoms with Crippen LogP contribution in [0.4, 0.5) is 0 Å². The first-order valence-corrected chi connectivity index (χ1v) is 31.3. The van der Waals surface area contributed by atoms with Crippen LogP contribution in [0.1, 0.15) is 249 Å². The lowest BCUT2D eigenvalue weighted by Gasteiger charge is -1.49. The van der Waals surface area contributed by atoms with Crippen LogP contribution < -0.4 is 0 Å². The number of aromatic nitrogens is 21. The van der Waals surface area contributed by atoms with Crippen LogP contribution in [0.25, 0.3) is 0 Å². The molecule has 0 atom stereocenters. The fraction of sp³-hybridized carbons (Fsp3) is 0.643. The molecular weight excluding hydrogens is 1060 g/mol. The van der Waals surface area contributed by atoms with Gasteiger partial charge in [-0.15, -0.1) is 41.9 Å². The zero-order chi connectivity index (χ0) is 67.8. The molecule has 0 spiro atoms. The van der Waals surface area contributed by atoms with Crippen LogP contribution in [0, 0.1) is 0 Å². The summed E-state index contributed by atoms with van der Waals surface area (Å²) in [6.07, 6.45) is 21.5. The highest BCUT2D eigenvalue weighted by molar-refractivity contribution is 7.07. The van der Waals surface area contributed by atoms with Gasteiger partial charge in [0.15, 0.2) is 6.33 Å². The number of hydrogen-bond acceptors (Lipinski definition) is 20. The van der Waals surface area contributed by atoms with Crippen LogP contribution in [0.15, 0.2) is 131 Å². The third-order valence-corrected chi connectivity index (χ3v) is 3.88. The van der Waals surface area contributed by atoms with Crippen molar-refractivity contribution in [3.05, 3.63) is 122 Å². The van der Waals surface area contributed by atoms with Crippen molar-refractivity contribution < 1.29 is 8.94 Å². The summed E-state index contributed by atoms with van der Waals surface area (Å²) in [5, 5.41) is 61.9. The number of H-pyrrole nitrogens is 5. The van der Waals surface area contributed by atoms with Crippen LogP contribution in [0.5, 0.6) is 0 Å². The fourth-order valence-electron chi connectivity index (χ4n) is 1.47. The molecule has 9 aromatic rings. The SMILES string of the molecule is CC.CC.CC.CC.CC.CC.CC.CC.CC.CC.CC.CC.CC.CC.CC.CC.CC.CC.c1cn[nH]c1.c1cn[nH]n1.c1cn[nH]n1.c1cnoc1.c1cnsc1.c1nc[nH]n1.c1nn[nH]n1.c1nnco1.c1nncs1. The van der Waals surface area contributed by atoms with E-state index in [0.717, 1.165) is 0 Å². The molecule has 9 heterocycles. The van der Waals surface area contributed by atoms with Crippen LogP contribution in [0.3, 0.4) is 0 Å². The fourth-order valence-corrected chi connectivity index (χ4v) is 2.09. The molecule has 0 aromatic carbocycles. The molecule has 81 heavy (non-hydrogen) atoms. The highest BCUT2D eigenvalue weighted by Crippen LogP contribution is 1.84. The summed E-state index contributed by atoms with van der Waals surface area (Å²) in [6, 6.07) is 5.46. The largest absolute Gasteiger partial charge is 0.431 e. The van der Waals surface area contributed by atoms with Crippen molar-refractivity contribution in [2.24, 2.45) is 0 Å². The summed E-state index contributed by atoms with van der Waals surface area (Å²) in [5.74, 6) is 0. The van der Waals surface area contributed by atoms with Gasteiger partial charge in [0, 0.05) is 24.0 Å². The molecule has 0 saturated carbocycles. The molecule has 0 aliphatic carbocycles. The van der Waals surface area contributed by atoms with Gasteiger partial charge in [-0.1, -0.05) is 260 Å². The van der Waals surface area contributed by atoms with E-state index in [1.54, 1.807) is 66.7 Å². The third-order valence-electron chi connectivity index (χ3n) is 2.93. The standard InChI is InChI=1S/C3H4N2.C3H3NO.C3H3NS.3C2H3N3.C2H2N2O.C2H2N2S.18C2H6.CH2N4/c3*1-2-4-5-3-1;1-3-2-5-4-1;2*1-2-4-5-3-1;2*1-3-4-2-5-1;18*1-2;1-2-4-5-3-1/h1-3H,(H,4,5);2*1-3H;3*1-2H,(H,3,4,5);2*1-2H;18*1-2H3;1H,(H,2,3,4,5). The lowest BCUT2D eigenvalue weighted by Crippen LogP contribution is -1.64. The lowest BCUT2D eigenvalue weighted by atomic mass is 10.8. The van der Waals surface area contributed by atoms with Crippen LogP contribution >= 0.6 is 22.9 Å². The van der Waals surface area contributed by atoms with E-state index < -0.39 is 0 Å². The van der Waals surface area contributed by atoms with E-state index >= 15 is 0 Å². The van der Waals surface area contributed by atoms with Crippen molar-refractivity contribution in [3.63, 3.8) is 0 Å². The van der Waals surface area contributed by atoms with Crippen molar-refractivity contribution in [2.75, 3.05) is 0 Å². The molecule has 0 bridgehead atoms. The summed E-state index contributed by atoms with van der Waals surface area (Å²) >= 11 is 2.95. The summed E-state index contributed by atoms with van der Waals surface area (Å²) < 4.78 is 12.5. The van der Waals surface area contributed by atoms with Gasteiger partial charge in [-0.2, -0.15) is 46.2 Å². The Morgan fingerprint density at radius 3 is 0.864 bits per heavy atom. The number of aromatic amines is 5. The van der Waals surface area contributed by atoms with Gasteiger partial charge in [0.05, 0.1) is 31.0 Å². The second-order valence-electron chi connectivity index (χ2n) is 5.82. The maximum absolute atomic E-state index is 4.36. The zero-order valence-corrected chi connectivity index (χ0v) is 60.5. The van der Waals surface area contributed by atoms with Crippen molar-refractivity contribution in [2.45, 2.75) is 249 Å². The van der Waals surface area contributed by atoms with Crippen LogP contribution in [-0.4, -0.2) is 107 Å². The van der Waals surface area contributed by atoms with Crippen LogP contribution in [0.2, 0.25) is 0 Å². The van der Waals surface area contributed by atoms with Gasteiger partial charge < -0.3 is 8.94 Å². The Bertz CT molecular complexity index is 975. The molecule has 23 nitrogen and oxygen atoms in total. The maximum atomic E-state index is 4.36. The Hall–Kier alpha value is -6.76. The summed E-state index contributed by atoms with van der Waals surface area (Å²) in [4.78, 5) is 3.56. The van der Waals surface area contributed by atoms with E-state index in [0.29, 0.717) is 0 Å². The van der Waals surface area contributed by atoms with E-state index in [2.05, 4.69) is 116 Å². The normalized spacial score (nSPS) is 5.78. The third kappa shape index (κ3) is 254. The van der Waals surface area contributed by atoms with Crippen LogP contribution in [-0.2, 0) is 0 Å². The van der Waals surface area contributed by atoms with E-state index in [9.17, 15) is 0 Å². The van der Waals surface area contributed by atoms with E-state index in [-0.39, 0.29) is 0 Å². The Labute approximate surface area is 507 Å². The Morgan fingerprint density at radius 2 is 0.765 bits per heavy atom. The first kappa shape index (κ1) is 126. The highest BCUT2D eigenvalue weighted by Gasteiger charge is 1.63. The van der Waals surface area contributed by atoms with Crippen molar-refractivity contribution in [1.29, 1.82) is 0 Å². The summed E-state index contributed by atoms with van der Waals surface area (Å²) in [6.45, 7) is 72.0. The number of nitrogens with zero attached hydrogens (tertiary/aromatic N) is 16. The number of rotatable bonds is 0. The average Bonchev–Trinajstić information content (AvgIpc) is 4.45. The molecule has 9 aromatic heterocycles. The van der Waals surface area contributed by atoms with Gasteiger partial charge in [-0.3, -0.25) is 10.2 Å². The quantitative estimate of drug-likeness (QED) is 0.0942. The second kappa shape index (κ2) is 261. The molecule has 0 fully saturated rings. The molecule has 0 aliphatic heterocycles. The maximum Gasteiger partial charge on any atom is 0.203 e. The van der Waals surface area contributed by atoms with E-state index in [1.807, 2.05) is 267 Å². The van der Waals surface area contributed by atoms with Gasteiger partial charge >= 0.3 is 0 Å². The molecule has 0 unspecified atom stereocenters. The molecule has 486 valence electrons. The molecule has 0 aliphatic rings.